The molecule has 0 saturated heterocycles. The first-order valence-corrected chi connectivity index (χ1v) is 7.46. The Hall–Kier alpha value is -2.75. The van der Waals surface area contributed by atoms with Crippen LogP contribution >= 0.6 is 0 Å². The summed E-state index contributed by atoms with van der Waals surface area (Å²) in [7, 11) is 0. The summed E-state index contributed by atoms with van der Waals surface area (Å²) >= 11 is 0. The van der Waals surface area contributed by atoms with Gasteiger partial charge in [0.25, 0.3) is 0 Å². The predicted octanol–water partition coefficient (Wildman–Crippen LogP) is 4.51. The molecule has 3 nitrogen and oxygen atoms in total. The standard InChI is InChI=1S/C18H15F4NO2/c1-2-11-24-16-10-7-14(23-12-16)6-3-13-4-8-15(9-5-13)25-18(21,22)17(19)20/h4-5,7-10,12,17H,2,11H2,1H3. The van der Waals surface area contributed by atoms with E-state index in [1.165, 1.54) is 12.1 Å². The molecule has 0 fully saturated rings. The van der Waals surface area contributed by atoms with Crippen molar-refractivity contribution in [1.29, 1.82) is 0 Å². The fraction of sp³-hybridized carbons (Fsp3) is 0.278. The van der Waals surface area contributed by atoms with Crippen LogP contribution in [0.1, 0.15) is 24.6 Å². The Balaban J connectivity index is 2.01. The van der Waals surface area contributed by atoms with Crippen molar-refractivity contribution in [3.8, 4) is 23.3 Å². The van der Waals surface area contributed by atoms with E-state index < -0.39 is 12.5 Å². The topological polar surface area (TPSA) is 31.4 Å². The summed E-state index contributed by atoms with van der Waals surface area (Å²) in [5.74, 6) is 5.87. The predicted molar refractivity (Wildman–Crippen MR) is 84.0 cm³/mol. The molecule has 0 aliphatic heterocycles. The normalized spacial score (nSPS) is 11.0. The van der Waals surface area contributed by atoms with Gasteiger partial charge in [-0.25, -0.2) is 4.98 Å². The third-order valence-corrected chi connectivity index (χ3v) is 2.91. The van der Waals surface area contributed by atoms with Crippen molar-refractivity contribution in [2.45, 2.75) is 25.9 Å². The number of aromatic nitrogens is 1. The summed E-state index contributed by atoms with van der Waals surface area (Å²) in [6, 6.07) is 8.52. The van der Waals surface area contributed by atoms with Gasteiger partial charge in [0.1, 0.15) is 17.2 Å². The molecule has 0 radical (unpaired) electrons. The van der Waals surface area contributed by atoms with E-state index in [-0.39, 0.29) is 5.75 Å². The molecule has 1 heterocycles. The quantitative estimate of drug-likeness (QED) is 0.566. The number of halogens is 4. The molecule has 0 N–H and O–H groups in total. The Morgan fingerprint density at radius 1 is 1.04 bits per heavy atom. The second kappa shape index (κ2) is 8.38. The van der Waals surface area contributed by atoms with Gasteiger partial charge in [0.05, 0.1) is 12.8 Å². The zero-order chi connectivity index (χ0) is 18.3. The van der Waals surface area contributed by atoms with E-state index in [1.54, 1.807) is 18.3 Å². The molecule has 7 heteroatoms. The zero-order valence-electron chi connectivity index (χ0n) is 13.3. The third kappa shape index (κ3) is 5.68. The number of pyridine rings is 1. The molecule has 0 saturated carbocycles. The fourth-order valence-electron chi connectivity index (χ4n) is 1.70. The number of hydrogen-bond acceptors (Lipinski definition) is 3. The van der Waals surface area contributed by atoms with Crippen LogP contribution in [0.3, 0.4) is 0 Å². The highest BCUT2D eigenvalue weighted by atomic mass is 19.3. The third-order valence-electron chi connectivity index (χ3n) is 2.91. The van der Waals surface area contributed by atoms with Gasteiger partial charge in [-0.3, -0.25) is 0 Å². The Morgan fingerprint density at radius 2 is 1.72 bits per heavy atom. The van der Waals surface area contributed by atoms with Gasteiger partial charge < -0.3 is 9.47 Å². The maximum absolute atomic E-state index is 12.8. The maximum atomic E-state index is 12.8. The molecule has 0 aliphatic carbocycles. The van der Waals surface area contributed by atoms with Crippen LogP contribution in [0.15, 0.2) is 42.6 Å². The van der Waals surface area contributed by atoms with Crippen molar-refractivity contribution in [1.82, 2.24) is 4.98 Å². The lowest BCUT2D eigenvalue weighted by molar-refractivity contribution is -0.253. The Morgan fingerprint density at radius 3 is 2.28 bits per heavy atom. The van der Waals surface area contributed by atoms with Crippen molar-refractivity contribution in [2.24, 2.45) is 0 Å². The highest BCUT2D eigenvalue weighted by molar-refractivity contribution is 5.42. The highest BCUT2D eigenvalue weighted by Gasteiger charge is 2.43. The molecule has 1 aromatic carbocycles. The molecule has 0 atom stereocenters. The Bertz CT molecular complexity index is 734. The number of benzene rings is 1. The minimum atomic E-state index is -4.53. The van der Waals surface area contributed by atoms with Crippen molar-refractivity contribution in [3.63, 3.8) is 0 Å². The highest BCUT2D eigenvalue weighted by Crippen LogP contribution is 2.27. The van der Waals surface area contributed by atoms with Gasteiger partial charge in [0.2, 0.25) is 0 Å². The second-order valence-corrected chi connectivity index (χ2v) is 4.97. The van der Waals surface area contributed by atoms with E-state index in [4.69, 9.17) is 4.74 Å². The van der Waals surface area contributed by atoms with Gasteiger partial charge >= 0.3 is 12.5 Å². The molecular weight excluding hydrogens is 338 g/mol. The van der Waals surface area contributed by atoms with Gasteiger partial charge in [-0.2, -0.15) is 17.6 Å². The van der Waals surface area contributed by atoms with E-state index in [2.05, 4.69) is 21.6 Å². The van der Waals surface area contributed by atoms with Crippen molar-refractivity contribution < 1.29 is 27.0 Å². The number of hydrogen-bond donors (Lipinski definition) is 0. The second-order valence-electron chi connectivity index (χ2n) is 4.97. The summed E-state index contributed by atoms with van der Waals surface area (Å²) in [5.41, 5.74) is 1.01. The molecule has 132 valence electrons. The van der Waals surface area contributed by atoms with Crippen molar-refractivity contribution >= 4 is 0 Å². The molecule has 0 unspecified atom stereocenters. The van der Waals surface area contributed by atoms with Crippen LogP contribution < -0.4 is 9.47 Å². The Kier molecular flexibility index (Phi) is 6.23. The van der Waals surface area contributed by atoms with Crippen LogP contribution in [0.2, 0.25) is 0 Å². The monoisotopic (exact) mass is 353 g/mol. The number of alkyl halides is 4. The van der Waals surface area contributed by atoms with Gasteiger partial charge in [0, 0.05) is 5.56 Å². The fourth-order valence-corrected chi connectivity index (χ4v) is 1.70. The lowest BCUT2D eigenvalue weighted by Gasteiger charge is -2.16. The van der Waals surface area contributed by atoms with Gasteiger partial charge in [0.15, 0.2) is 0 Å². The average molecular weight is 353 g/mol. The summed E-state index contributed by atoms with van der Waals surface area (Å²) in [5, 5.41) is 0. The summed E-state index contributed by atoms with van der Waals surface area (Å²) in [6.45, 7) is 2.60. The SMILES string of the molecule is CCCOc1ccc(C#Cc2ccc(OC(F)(F)C(F)F)cc2)nc1. The van der Waals surface area contributed by atoms with E-state index in [0.29, 0.717) is 23.6 Å². The molecule has 1 aromatic heterocycles. The summed E-state index contributed by atoms with van der Waals surface area (Å²) < 4.78 is 59.1. The van der Waals surface area contributed by atoms with E-state index in [9.17, 15) is 17.6 Å². The van der Waals surface area contributed by atoms with Crippen LogP contribution in [0.25, 0.3) is 0 Å². The summed E-state index contributed by atoms with van der Waals surface area (Å²) in [6.07, 6.45) is -5.98. The molecule has 0 aliphatic rings. The van der Waals surface area contributed by atoms with Crippen LogP contribution in [-0.2, 0) is 0 Å². The molecule has 2 aromatic rings. The molecule has 25 heavy (non-hydrogen) atoms. The molecule has 0 spiro atoms. The van der Waals surface area contributed by atoms with E-state index in [0.717, 1.165) is 18.6 Å². The average Bonchev–Trinajstić information content (AvgIpc) is 2.60. The van der Waals surface area contributed by atoms with Gasteiger partial charge in [-0.1, -0.05) is 12.8 Å². The van der Waals surface area contributed by atoms with Gasteiger partial charge in [-0.05, 0) is 48.7 Å². The van der Waals surface area contributed by atoms with Crippen molar-refractivity contribution in [3.05, 3.63) is 53.9 Å². The summed E-state index contributed by atoms with van der Waals surface area (Å²) in [4.78, 5) is 4.13. The van der Waals surface area contributed by atoms with E-state index in [1.807, 2.05) is 6.92 Å². The number of rotatable bonds is 6. The minimum absolute atomic E-state index is 0.369. The largest absolute Gasteiger partial charge is 0.492 e. The first-order chi connectivity index (χ1) is 11.9. The van der Waals surface area contributed by atoms with Crippen LogP contribution in [0.5, 0.6) is 11.5 Å². The number of ether oxygens (including phenoxy) is 2. The number of nitrogens with zero attached hydrogens (tertiary/aromatic N) is 1. The van der Waals surface area contributed by atoms with Crippen molar-refractivity contribution in [2.75, 3.05) is 6.61 Å². The maximum Gasteiger partial charge on any atom is 0.461 e. The van der Waals surface area contributed by atoms with Crippen LogP contribution in [0.4, 0.5) is 17.6 Å². The molecular formula is C18H15F4NO2. The first-order valence-electron chi connectivity index (χ1n) is 7.46. The van der Waals surface area contributed by atoms with Crippen LogP contribution in [-0.4, -0.2) is 24.1 Å². The zero-order valence-corrected chi connectivity index (χ0v) is 13.3. The molecule has 0 bridgehead atoms. The van der Waals surface area contributed by atoms with E-state index >= 15 is 0 Å². The molecule has 2 rings (SSSR count). The lowest BCUT2D eigenvalue weighted by Crippen LogP contribution is -2.33. The Labute approximate surface area is 142 Å². The smallest absolute Gasteiger partial charge is 0.461 e. The van der Waals surface area contributed by atoms with Crippen LogP contribution in [0, 0.1) is 11.8 Å². The first kappa shape index (κ1) is 18.6. The molecule has 0 amide bonds. The lowest BCUT2D eigenvalue weighted by atomic mass is 10.2. The minimum Gasteiger partial charge on any atom is -0.492 e. The van der Waals surface area contributed by atoms with Gasteiger partial charge in [-0.15, -0.1) is 0 Å².